The number of carbonyl (C=O) groups is 1. The summed E-state index contributed by atoms with van der Waals surface area (Å²) >= 11 is 1.54. The van der Waals surface area contributed by atoms with Crippen LogP contribution >= 0.6 is 11.3 Å². The van der Waals surface area contributed by atoms with Crippen molar-refractivity contribution in [3.63, 3.8) is 0 Å². The van der Waals surface area contributed by atoms with Gasteiger partial charge in [0.2, 0.25) is 5.91 Å². The van der Waals surface area contributed by atoms with E-state index in [9.17, 15) is 4.79 Å². The van der Waals surface area contributed by atoms with Crippen LogP contribution in [0, 0.1) is 6.92 Å². The average Bonchev–Trinajstić information content (AvgIpc) is 3.11. The van der Waals surface area contributed by atoms with Gasteiger partial charge in [0.05, 0.1) is 12.1 Å². The van der Waals surface area contributed by atoms with Gasteiger partial charge in [-0.15, -0.1) is 11.3 Å². The molecule has 0 radical (unpaired) electrons. The van der Waals surface area contributed by atoms with E-state index in [1.807, 2.05) is 34.3 Å². The highest BCUT2D eigenvalue weighted by Gasteiger charge is 2.10. The summed E-state index contributed by atoms with van der Waals surface area (Å²) in [6, 6.07) is 5.42. The Morgan fingerprint density at radius 1 is 1.41 bits per heavy atom. The van der Waals surface area contributed by atoms with Crippen LogP contribution in [0.15, 0.2) is 40.4 Å². The van der Waals surface area contributed by atoms with Crippen LogP contribution in [0.2, 0.25) is 0 Å². The third kappa shape index (κ3) is 2.35. The second kappa shape index (κ2) is 4.96. The predicted molar refractivity (Wildman–Crippen MR) is 84.1 cm³/mol. The van der Waals surface area contributed by atoms with Gasteiger partial charge in [-0.25, -0.2) is 9.97 Å². The number of nitrogens with one attached hydrogen (secondary N) is 1. The van der Waals surface area contributed by atoms with Gasteiger partial charge < -0.3 is 9.73 Å². The van der Waals surface area contributed by atoms with E-state index in [0.29, 0.717) is 17.2 Å². The second-order valence-electron chi connectivity index (χ2n) is 4.97. The quantitative estimate of drug-likeness (QED) is 0.631. The summed E-state index contributed by atoms with van der Waals surface area (Å²) in [6.07, 6.45) is 4.03. The molecule has 3 aromatic heterocycles. The molecule has 3 heterocycles. The summed E-state index contributed by atoms with van der Waals surface area (Å²) in [4.78, 5) is 21.6. The third-order valence-electron chi connectivity index (χ3n) is 3.26. The van der Waals surface area contributed by atoms with Gasteiger partial charge in [-0.1, -0.05) is 0 Å². The number of hydrogen-bond donors (Lipinski definition) is 1. The fourth-order valence-electron chi connectivity index (χ4n) is 2.35. The molecule has 0 atom stereocenters. The van der Waals surface area contributed by atoms with E-state index in [4.69, 9.17) is 4.42 Å². The number of aryl methyl sites for hydroxylation is 1. The Morgan fingerprint density at radius 3 is 3.18 bits per heavy atom. The van der Waals surface area contributed by atoms with E-state index >= 15 is 0 Å². The highest BCUT2D eigenvalue weighted by Crippen LogP contribution is 2.20. The molecule has 0 saturated heterocycles. The smallest absolute Gasteiger partial charge is 0.230 e. The number of amides is 1. The molecule has 0 bridgehead atoms. The molecular formula is C15H12N4O2S. The first-order valence-corrected chi connectivity index (χ1v) is 7.63. The first-order chi connectivity index (χ1) is 10.7. The molecule has 4 rings (SSSR count). The van der Waals surface area contributed by atoms with E-state index < -0.39 is 0 Å². The molecule has 7 heteroatoms. The fraction of sp³-hybridized carbons (Fsp3) is 0.133. The maximum atomic E-state index is 12.1. The van der Waals surface area contributed by atoms with Gasteiger partial charge >= 0.3 is 0 Å². The van der Waals surface area contributed by atoms with Crippen LogP contribution in [0.1, 0.15) is 11.6 Å². The lowest BCUT2D eigenvalue weighted by molar-refractivity contribution is -0.115. The topological polar surface area (TPSA) is 72.4 Å². The van der Waals surface area contributed by atoms with Crippen molar-refractivity contribution in [2.45, 2.75) is 13.3 Å². The molecule has 0 saturated carbocycles. The summed E-state index contributed by atoms with van der Waals surface area (Å²) in [5, 5.41) is 4.81. The van der Waals surface area contributed by atoms with Crippen LogP contribution < -0.4 is 5.32 Å². The van der Waals surface area contributed by atoms with Crippen molar-refractivity contribution in [1.82, 2.24) is 14.4 Å². The molecular weight excluding hydrogens is 300 g/mol. The molecule has 6 nitrogen and oxygen atoms in total. The number of carbonyl (C=O) groups excluding carboxylic acids is 1. The van der Waals surface area contributed by atoms with Crippen molar-refractivity contribution in [3.8, 4) is 0 Å². The second-order valence-corrected chi connectivity index (χ2v) is 5.84. The number of imidazole rings is 1. The number of rotatable bonds is 3. The molecule has 4 aromatic rings. The van der Waals surface area contributed by atoms with Crippen molar-refractivity contribution >= 4 is 39.0 Å². The average molecular weight is 312 g/mol. The largest absolute Gasteiger partial charge is 0.441 e. The van der Waals surface area contributed by atoms with Crippen LogP contribution in [0.25, 0.3) is 16.1 Å². The molecule has 0 aliphatic rings. The maximum Gasteiger partial charge on any atom is 0.230 e. The fourth-order valence-corrected chi connectivity index (χ4v) is 3.07. The number of fused-ring (bicyclic) bond motifs is 2. The van der Waals surface area contributed by atoms with Crippen molar-refractivity contribution in [1.29, 1.82) is 0 Å². The number of anilines is 1. The summed E-state index contributed by atoms with van der Waals surface area (Å²) in [7, 11) is 0. The molecule has 0 aliphatic heterocycles. The zero-order valence-corrected chi connectivity index (χ0v) is 12.6. The van der Waals surface area contributed by atoms with E-state index in [-0.39, 0.29) is 12.3 Å². The van der Waals surface area contributed by atoms with Gasteiger partial charge in [0, 0.05) is 36.5 Å². The Morgan fingerprint density at radius 2 is 2.32 bits per heavy atom. The monoisotopic (exact) mass is 312 g/mol. The van der Waals surface area contributed by atoms with Gasteiger partial charge in [0.1, 0.15) is 5.52 Å². The summed E-state index contributed by atoms with van der Waals surface area (Å²) < 4.78 is 7.37. The highest BCUT2D eigenvalue weighted by molar-refractivity contribution is 7.15. The minimum atomic E-state index is -0.110. The Labute approximate surface area is 129 Å². The van der Waals surface area contributed by atoms with Crippen LogP contribution in [-0.2, 0) is 11.2 Å². The molecule has 1 N–H and O–H groups in total. The number of thiazole rings is 1. The SMILES string of the molecule is Cc1nc2ccc(NC(=O)Cc3cn4ccsc4n3)cc2o1. The number of benzene rings is 1. The number of nitrogens with zero attached hydrogens (tertiary/aromatic N) is 3. The van der Waals surface area contributed by atoms with E-state index in [0.717, 1.165) is 16.2 Å². The van der Waals surface area contributed by atoms with Gasteiger partial charge in [0.25, 0.3) is 0 Å². The molecule has 0 unspecified atom stereocenters. The Hall–Kier alpha value is -2.67. The van der Waals surface area contributed by atoms with Crippen LogP contribution in [0.3, 0.4) is 0 Å². The van der Waals surface area contributed by atoms with Crippen LogP contribution in [0.4, 0.5) is 5.69 Å². The summed E-state index contributed by atoms with van der Waals surface area (Å²) in [6.45, 7) is 1.79. The molecule has 0 spiro atoms. The molecule has 1 aromatic carbocycles. The van der Waals surface area contributed by atoms with Gasteiger partial charge in [-0.2, -0.15) is 0 Å². The predicted octanol–water partition coefficient (Wildman–Crippen LogP) is 3.03. The van der Waals surface area contributed by atoms with Crippen molar-refractivity contribution < 1.29 is 9.21 Å². The maximum absolute atomic E-state index is 12.1. The molecule has 0 fully saturated rings. The number of aromatic nitrogens is 3. The van der Waals surface area contributed by atoms with Gasteiger partial charge in [0.15, 0.2) is 16.4 Å². The zero-order chi connectivity index (χ0) is 15.1. The molecule has 110 valence electrons. The normalized spacial score (nSPS) is 11.3. The third-order valence-corrected chi connectivity index (χ3v) is 4.03. The Bertz CT molecular complexity index is 953. The van der Waals surface area contributed by atoms with Crippen molar-refractivity contribution in [2.75, 3.05) is 5.32 Å². The number of oxazole rings is 1. The van der Waals surface area contributed by atoms with Crippen LogP contribution in [0.5, 0.6) is 0 Å². The zero-order valence-electron chi connectivity index (χ0n) is 11.7. The Kier molecular flexibility index (Phi) is 2.93. The Balaban J connectivity index is 1.51. The first kappa shape index (κ1) is 13.0. The van der Waals surface area contributed by atoms with Crippen LogP contribution in [-0.4, -0.2) is 20.3 Å². The minimum Gasteiger partial charge on any atom is -0.441 e. The number of hydrogen-bond acceptors (Lipinski definition) is 5. The van der Waals surface area contributed by atoms with E-state index in [1.165, 1.54) is 0 Å². The lowest BCUT2D eigenvalue weighted by Gasteiger charge is -2.03. The standard InChI is InChI=1S/C15H12N4O2S/c1-9-16-12-3-2-10(6-13(12)21-9)17-14(20)7-11-8-19-4-5-22-15(19)18-11/h2-6,8H,7H2,1H3,(H,17,20). The molecule has 1 amide bonds. The lowest BCUT2D eigenvalue weighted by atomic mass is 10.2. The molecule has 0 aliphatic carbocycles. The highest BCUT2D eigenvalue weighted by atomic mass is 32.1. The first-order valence-electron chi connectivity index (χ1n) is 6.75. The minimum absolute atomic E-state index is 0.110. The summed E-state index contributed by atoms with van der Waals surface area (Å²) in [5.41, 5.74) is 2.89. The lowest BCUT2D eigenvalue weighted by Crippen LogP contribution is -2.14. The van der Waals surface area contributed by atoms with Gasteiger partial charge in [-0.3, -0.25) is 9.20 Å². The van der Waals surface area contributed by atoms with Gasteiger partial charge in [-0.05, 0) is 12.1 Å². The van der Waals surface area contributed by atoms with E-state index in [1.54, 1.807) is 24.3 Å². The van der Waals surface area contributed by atoms with Crippen molar-refractivity contribution in [2.24, 2.45) is 0 Å². The van der Waals surface area contributed by atoms with E-state index in [2.05, 4.69) is 15.3 Å². The molecule has 22 heavy (non-hydrogen) atoms. The van der Waals surface area contributed by atoms with Crippen molar-refractivity contribution in [3.05, 3.63) is 47.6 Å². The summed E-state index contributed by atoms with van der Waals surface area (Å²) in [5.74, 6) is 0.498.